The molecule has 0 amide bonds. The normalized spacial score (nSPS) is 15.9. The molecule has 0 aromatic carbocycles. The van der Waals surface area contributed by atoms with E-state index in [1.54, 1.807) is 7.05 Å². The SMILES string of the molecule is C=C(c1c(NC2CCOCC2)nc(Cl)nc1N(C)COCC[Si](C)(C)C)C(F)(F)F. The Balaban J connectivity index is 2.31. The number of nitrogens with zero attached hydrogens (tertiary/aromatic N) is 3. The number of nitrogens with one attached hydrogen (secondary N) is 1. The third-order valence-electron chi connectivity index (χ3n) is 4.71. The topological polar surface area (TPSA) is 59.5 Å². The van der Waals surface area contributed by atoms with Crippen molar-refractivity contribution in [3.05, 3.63) is 17.4 Å². The largest absolute Gasteiger partial charge is 0.416 e. The number of rotatable bonds is 9. The summed E-state index contributed by atoms with van der Waals surface area (Å²) in [6.07, 6.45) is -3.33. The summed E-state index contributed by atoms with van der Waals surface area (Å²) in [4.78, 5) is 9.62. The van der Waals surface area contributed by atoms with Crippen LogP contribution in [0.1, 0.15) is 18.4 Å². The van der Waals surface area contributed by atoms with Gasteiger partial charge in [-0.25, -0.2) is 4.98 Å². The van der Waals surface area contributed by atoms with E-state index in [1.165, 1.54) is 4.90 Å². The monoisotopic (exact) mass is 466 g/mol. The van der Waals surface area contributed by atoms with Crippen LogP contribution in [0.25, 0.3) is 5.57 Å². The molecule has 30 heavy (non-hydrogen) atoms. The molecule has 0 radical (unpaired) electrons. The predicted molar refractivity (Wildman–Crippen MR) is 117 cm³/mol. The van der Waals surface area contributed by atoms with E-state index < -0.39 is 19.8 Å². The van der Waals surface area contributed by atoms with Crippen LogP contribution in [-0.4, -0.2) is 63.9 Å². The number of halogens is 4. The second-order valence-corrected chi connectivity index (χ2v) is 14.6. The van der Waals surface area contributed by atoms with Crippen LogP contribution in [-0.2, 0) is 9.47 Å². The summed E-state index contributed by atoms with van der Waals surface area (Å²) in [5.74, 6) is 0.0491. The van der Waals surface area contributed by atoms with E-state index in [4.69, 9.17) is 21.1 Å². The summed E-state index contributed by atoms with van der Waals surface area (Å²) in [5, 5.41) is 2.94. The molecule has 0 saturated carbocycles. The van der Waals surface area contributed by atoms with Gasteiger partial charge in [-0.3, -0.25) is 0 Å². The van der Waals surface area contributed by atoms with Gasteiger partial charge in [0, 0.05) is 41.0 Å². The summed E-state index contributed by atoms with van der Waals surface area (Å²) in [5.41, 5.74) is -1.24. The average Bonchev–Trinajstić information content (AvgIpc) is 2.63. The fourth-order valence-electron chi connectivity index (χ4n) is 2.90. The lowest BCUT2D eigenvalue weighted by Crippen LogP contribution is -2.31. The Labute approximate surface area is 181 Å². The number of ether oxygens (including phenoxy) is 2. The Hall–Kier alpha value is -1.36. The molecular formula is C19H30ClF3N4O2Si. The van der Waals surface area contributed by atoms with Crippen molar-refractivity contribution in [2.75, 3.05) is 43.8 Å². The summed E-state index contributed by atoms with van der Waals surface area (Å²) in [7, 11) is 0.331. The average molecular weight is 467 g/mol. The standard InChI is InChI=1S/C19H30ClF3N4O2Si/c1-13(19(21,22)23)15-16(24-14-6-8-28-9-7-14)25-18(20)26-17(15)27(2)12-29-10-11-30(3,4)5/h14H,1,6-12H2,2-5H3,(H,24,25,26). The molecule has 0 spiro atoms. The van der Waals surface area contributed by atoms with Gasteiger partial charge in [0.1, 0.15) is 18.4 Å². The Bertz CT molecular complexity index is 738. The molecule has 2 rings (SSSR count). The maximum atomic E-state index is 13.6. The molecule has 0 atom stereocenters. The molecule has 6 nitrogen and oxygen atoms in total. The molecule has 1 aromatic rings. The van der Waals surface area contributed by atoms with Crippen LogP contribution in [0.4, 0.5) is 24.8 Å². The molecule has 0 aliphatic carbocycles. The fraction of sp³-hybridized carbons (Fsp3) is 0.684. The third-order valence-corrected chi connectivity index (χ3v) is 6.58. The zero-order chi connectivity index (χ0) is 22.5. The van der Waals surface area contributed by atoms with Crippen molar-refractivity contribution in [1.29, 1.82) is 0 Å². The van der Waals surface area contributed by atoms with Gasteiger partial charge in [0.05, 0.1) is 11.1 Å². The van der Waals surface area contributed by atoms with Crippen molar-refractivity contribution in [2.45, 2.75) is 50.7 Å². The molecule has 0 bridgehead atoms. The molecule has 2 heterocycles. The van der Waals surface area contributed by atoms with Crippen molar-refractivity contribution in [1.82, 2.24) is 9.97 Å². The fourth-order valence-corrected chi connectivity index (χ4v) is 3.82. The highest BCUT2D eigenvalue weighted by molar-refractivity contribution is 6.76. The minimum absolute atomic E-state index is 0.0215. The van der Waals surface area contributed by atoms with Gasteiger partial charge in [0.2, 0.25) is 5.28 Å². The van der Waals surface area contributed by atoms with Crippen molar-refractivity contribution < 1.29 is 22.6 Å². The molecular weight excluding hydrogens is 437 g/mol. The number of hydrogen-bond donors (Lipinski definition) is 1. The second-order valence-electron chi connectivity index (χ2n) is 8.59. The molecule has 1 aliphatic rings. The number of hydrogen-bond acceptors (Lipinski definition) is 6. The van der Waals surface area contributed by atoms with E-state index in [-0.39, 0.29) is 35.3 Å². The zero-order valence-corrected chi connectivity index (χ0v) is 19.7. The van der Waals surface area contributed by atoms with E-state index >= 15 is 0 Å². The number of allylic oxidation sites excluding steroid dienone is 1. The lowest BCUT2D eigenvalue weighted by atomic mass is 10.1. The Kier molecular flexibility index (Phi) is 8.55. The second kappa shape index (κ2) is 10.3. The third kappa shape index (κ3) is 7.40. The minimum Gasteiger partial charge on any atom is -0.381 e. The molecule has 11 heteroatoms. The van der Waals surface area contributed by atoms with E-state index in [2.05, 4.69) is 41.5 Å². The van der Waals surface area contributed by atoms with Crippen LogP contribution < -0.4 is 10.2 Å². The predicted octanol–water partition coefficient (Wildman–Crippen LogP) is 5.04. The maximum absolute atomic E-state index is 13.6. The van der Waals surface area contributed by atoms with E-state index in [1.807, 2.05) is 0 Å². The molecule has 1 fully saturated rings. The first kappa shape index (κ1) is 24.9. The minimum atomic E-state index is -4.64. The Morgan fingerprint density at radius 3 is 2.50 bits per heavy atom. The van der Waals surface area contributed by atoms with Crippen molar-refractivity contribution in [3.8, 4) is 0 Å². The molecule has 1 N–H and O–H groups in total. The lowest BCUT2D eigenvalue weighted by molar-refractivity contribution is -0.0686. The first-order chi connectivity index (χ1) is 13.9. The van der Waals surface area contributed by atoms with E-state index in [9.17, 15) is 13.2 Å². The number of alkyl halides is 3. The zero-order valence-electron chi connectivity index (χ0n) is 17.9. The summed E-state index contributed by atoms with van der Waals surface area (Å²) >= 11 is 6.06. The van der Waals surface area contributed by atoms with Gasteiger partial charge in [-0.15, -0.1) is 0 Å². The summed E-state index contributed by atoms with van der Waals surface area (Å²) in [6.45, 7) is 11.6. The van der Waals surface area contributed by atoms with Crippen LogP contribution in [0.15, 0.2) is 6.58 Å². The van der Waals surface area contributed by atoms with Crippen LogP contribution in [0.2, 0.25) is 31.0 Å². The molecule has 1 aliphatic heterocycles. The molecule has 0 unspecified atom stereocenters. The molecule has 170 valence electrons. The highest BCUT2D eigenvalue weighted by atomic mass is 35.5. The van der Waals surface area contributed by atoms with Crippen molar-refractivity contribution in [2.24, 2.45) is 0 Å². The van der Waals surface area contributed by atoms with Crippen molar-refractivity contribution in [3.63, 3.8) is 0 Å². The van der Waals surface area contributed by atoms with Gasteiger partial charge in [-0.2, -0.15) is 18.2 Å². The Morgan fingerprint density at radius 1 is 1.30 bits per heavy atom. The quantitative estimate of drug-likeness (QED) is 0.238. The highest BCUT2D eigenvalue weighted by Gasteiger charge is 2.38. The first-order valence-corrected chi connectivity index (χ1v) is 13.9. The van der Waals surface area contributed by atoms with Gasteiger partial charge in [0.15, 0.2) is 0 Å². The van der Waals surface area contributed by atoms with E-state index in [0.717, 1.165) is 6.04 Å². The van der Waals surface area contributed by atoms with Crippen molar-refractivity contribution >= 4 is 36.9 Å². The maximum Gasteiger partial charge on any atom is 0.416 e. The van der Waals surface area contributed by atoms with Gasteiger partial charge >= 0.3 is 6.18 Å². The van der Waals surface area contributed by atoms with Gasteiger partial charge in [-0.05, 0) is 30.5 Å². The number of anilines is 2. The van der Waals surface area contributed by atoms with Crippen LogP contribution in [0.5, 0.6) is 0 Å². The van der Waals surface area contributed by atoms with E-state index in [0.29, 0.717) is 32.7 Å². The molecule has 1 aromatic heterocycles. The van der Waals surface area contributed by atoms with Gasteiger partial charge in [0.25, 0.3) is 0 Å². The van der Waals surface area contributed by atoms with Gasteiger partial charge in [-0.1, -0.05) is 26.2 Å². The first-order valence-electron chi connectivity index (χ1n) is 9.85. The Morgan fingerprint density at radius 2 is 1.93 bits per heavy atom. The number of aromatic nitrogens is 2. The lowest BCUT2D eigenvalue weighted by Gasteiger charge is -2.28. The highest BCUT2D eigenvalue weighted by Crippen LogP contribution is 2.40. The van der Waals surface area contributed by atoms with Gasteiger partial charge < -0.3 is 19.7 Å². The molecule has 1 saturated heterocycles. The smallest absolute Gasteiger partial charge is 0.381 e. The van der Waals surface area contributed by atoms with Crippen LogP contribution in [0.3, 0.4) is 0 Å². The van der Waals surface area contributed by atoms with Crippen LogP contribution >= 0.6 is 11.6 Å². The summed E-state index contributed by atoms with van der Waals surface area (Å²) < 4.78 is 51.8. The van der Waals surface area contributed by atoms with Crippen LogP contribution in [0, 0.1) is 0 Å². The summed E-state index contributed by atoms with van der Waals surface area (Å²) in [6, 6.07) is 0.875.